The summed E-state index contributed by atoms with van der Waals surface area (Å²) < 4.78 is 0. The minimum Gasteiger partial charge on any atom is -0.329 e. The van der Waals surface area contributed by atoms with E-state index in [1.807, 2.05) is 0 Å². The van der Waals surface area contributed by atoms with Crippen LogP contribution in [0.4, 0.5) is 0 Å². The maximum atomic E-state index is 5.32. The number of rotatable bonds is 8. The maximum Gasteiger partial charge on any atom is 0.00745 e. The number of hydrogen-bond donors (Lipinski definition) is 2. The van der Waals surface area contributed by atoms with Gasteiger partial charge in [-0.2, -0.15) is 0 Å². The smallest absolute Gasteiger partial charge is 0.00745 e. The average molecular weight is 157 g/mol. The lowest BCUT2D eigenvalue weighted by Gasteiger charge is -2.01. The van der Waals surface area contributed by atoms with Crippen LogP contribution in [-0.4, -0.2) is 19.6 Å². The molecule has 0 aliphatic rings. The van der Waals surface area contributed by atoms with Crippen molar-refractivity contribution in [2.75, 3.05) is 19.6 Å². The highest BCUT2D eigenvalue weighted by Gasteiger charge is 1.87. The van der Waals surface area contributed by atoms with Crippen molar-refractivity contribution < 1.29 is 0 Å². The summed E-state index contributed by atoms with van der Waals surface area (Å²) >= 11 is 0. The van der Waals surface area contributed by atoms with Gasteiger partial charge in [-0.15, -0.1) is 0 Å². The molecule has 3 N–H and O–H groups in total. The molecule has 67 valence electrons. The Labute approximate surface area is 70.5 Å². The van der Waals surface area contributed by atoms with E-state index in [-0.39, 0.29) is 0 Å². The molecule has 0 rings (SSSR count). The van der Waals surface area contributed by atoms with Crippen molar-refractivity contribution in [3.8, 4) is 0 Å². The molecule has 0 bridgehead atoms. The van der Waals surface area contributed by atoms with Crippen LogP contribution in [0.15, 0.2) is 0 Å². The van der Waals surface area contributed by atoms with Crippen molar-refractivity contribution in [1.29, 1.82) is 0 Å². The van der Waals surface area contributed by atoms with E-state index in [0.717, 1.165) is 26.1 Å². The molecule has 0 saturated carbocycles. The summed E-state index contributed by atoms with van der Waals surface area (Å²) in [6.45, 7) is 6.62. The monoisotopic (exact) mass is 157 g/mol. The highest BCUT2D eigenvalue weighted by Crippen LogP contribution is 2.00. The van der Waals surface area contributed by atoms with Gasteiger partial charge in [-0.3, -0.25) is 0 Å². The Morgan fingerprint density at radius 3 is 2.36 bits per heavy atom. The van der Waals surface area contributed by atoms with E-state index in [2.05, 4.69) is 12.2 Å². The zero-order chi connectivity index (χ0) is 8.36. The molecule has 0 aromatic rings. The highest BCUT2D eigenvalue weighted by molar-refractivity contribution is 4.49. The molecule has 1 radical (unpaired) electrons. The van der Waals surface area contributed by atoms with Crippen molar-refractivity contribution in [2.24, 2.45) is 5.73 Å². The summed E-state index contributed by atoms with van der Waals surface area (Å²) in [4.78, 5) is 0. The summed E-state index contributed by atoms with van der Waals surface area (Å²) in [7, 11) is 0. The lowest BCUT2D eigenvalue weighted by atomic mass is 10.1. The summed E-state index contributed by atoms with van der Waals surface area (Å²) in [6, 6.07) is 0. The molecule has 0 aromatic heterocycles. The van der Waals surface area contributed by atoms with Gasteiger partial charge < -0.3 is 11.1 Å². The fraction of sp³-hybridized carbons (Fsp3) is 0.889. The fourth-order valence-electron chi connectivity index (χ4n) is 1.01. The normalized spacial score (nSPS) is 10.4. The molecule has 0 aromatic carbocycles. The zero-order valence-electron chi connectivity index (χ0n) is 7.44. The minimum atomic E-state index is 0.749. The molecule has 0 aliphatic heterocycles. The number of unbranched alkanes of at least 4 members (excludes halogenated alkanes) is 4. The molecule has 0 spiro atoms. The van der Waals surface area contributed by atoms with Gasteiger partial charge >= 0.3 is 0 Å². The first-order chi connectivity index (χ1) is 5.41. The van der Waals surface area contributed by atoms with Crippen LogP contribution in [0.3, 0.4) is 0 Å². The van der Waals surface area contributed by atoms with Crippen LogP contribution in [-0.2, 0) is 0 Å². The predicted octanol–water partition coefficient (Wildman–Crippen LogP) is 1.32. The van der Waals surface area contributed by atoms with Gasteiger partial charge in [0.25, 0.3) is 0 Å². The second kappa shape index (κ2) is 9.92. The molecular weight excluding hydrogens is 136 g/mol. The van der Waals surface area contributed by atoms with E-state index in [9.17, 15) is 0 Å². The molecule has 0 fully saturated rings. The second-order valence-corrected chi connectivity index (χ2v) is 2.81. The van der Waals surface area contributed by atoms with Crippen LogP contribution in [0.2, 0.25) is 0 Å². The standard InChI is InChI=1S/C9H21N2/c1-2-3-4-5-6-8-11-9-7-10/h11H,1-10H2. The third-order valence-electron chi connectivity index (χ3n) is 1.67. The Balaban J connectivity index is 2.69. The third-order valence-corrected chi connectivity index (χ3v) is 1.67. The van der Waals surface area contributed by atoms with Gasteiger partial charge in [0.15, 0.2) is 0 Å². The summed E-state index contributed by atoms with van der Waals surface area (Å²) in [5.41, 5.74) is 5.32. The predicted molar refractivity (Wildman–Crippen MR) is 50.4 cm³/mol. The van der Waals surface area contributed by atoms with Crippen LogP contribution in [0.1, 0.15) is 32.1 Å². The van der Waals surface area contributed by atoms with E-state index in [1.54, 1.807) is 0 Å². The van der Waals surface area contributed by atoms with Crippen LogP contribution in [0.5, 0.6) is 0 Å². The first-order valence-electron chi connectivity index (χ1n) is 4.62. The fourth-order valence-corrected chi connectivity index (χ4v) is 1.01. The number of nitrogens with two attached hydrogens (primary N) is 1. The molecule has 2 nitrogen and oxygen atoms in total. The van der Waals surface area contributed by atoms with Gasteiger partial charge in [-0.25, -0.2) is 0 Å². The second-order valence-electron chi connectivity index (χ2n) is 2.81. The molecule has 0 unspecified atom stereocenters. The SMILES string of the molecule is [CH2]CCCCCCNCCN. The lowest BCUT2D eigenvalue weighted by Crippen LogP contribution is -2.23. The van der Waals surface area contributed by atoms with Gasteiger partial charge in [0.1, 0.15) is 0 Å². The van der Waals surface area contributed by atoms with Crippen LogP contribution in [0.25, 0.3) is 0 Å². The van der Waals surface area contributed by atoms with Crippen LogP contribution in [0, 0.1) is 6.92 Å². The van der Waals surface area contributed by atoms with Gasteiger partial charge in [-0.05, 0) is 13.0 Å². The van der Waals surface area contributed by atoms with Gasteiger partial charge in [-0.1, -0.05) is 32.6 Å². The van der Waals surface area contributed by atoms with Crippen molar-refractivity contribution in [2.45, 2.75) is 32.1 Å². The molecule has 0 aliphatic carbocycles. The zero-order valence-corrected chi connectivity index (χ0v) is 7.44. The van der Waals surface area contributed by atoms with Crippen molar-refractivity contribution >= 4 is 0 Å². The first-order valence-corrected chi connectivity index (χ1v) is 4.62. The number of nitrogens with one attached hydrogen (secondary N) is 1. The molecular formula is C9H21N2. The van der Waals surface area contributed by atoms with E-state index < -0.39 is 0 Å². The Kier molecular flexibility index (Phi) is 9.85. The van der Waals surface area contributed by atoms with Crippen molar-refractivity contribution in [1.82, 2.24) is 5.32 Å². The van der Waals surface area contributed by atoms with E-state index in [4.69, 9.17) is 5.73 Å². The Bertz CT molecular complexity index is 56.6. The quantitative estimate of drug-likeness (QED) is 0.521. The van der Waals surface area contributed by atoms with Crippen LogP contribution < -0.4 is 11.1 Å². The van der Waals surface area contributed by atoms with Gasteiger partial charge in [0.05, 0.1) is 0 Å². The summed E-state index contributed by atoms with van der Waals surface area (Å²) in [6.07, 6.45) is 6.29. The molecule has 0 atom stereocenters. The molecule has 11 heavy (non-hydrogen) atoms. The first kappa shape index (κ1) is 10.9. The Morgan fingerprint density at radius 2 is 1.73 bits per heavy atom. The van der Waals surface area contributed by atoms with Crippen LogP contribution >= 0.6 is 0 Å². The largest absolute Gasteiger partial charge is 0.329 e. The van der Waals surface area contributed by atoms with E-state index in [1.165, 1.54) is 25.7 Å². The molecule has 2 heteroatoms. The van der Waals surface area contributed by atoms with E-state index >= 15 is 0 Å². The molecule has 0 saturated heterocycles. The highest BCUT2D eigenvalue weighted by atomic mass is 14.9. The van der Waals surface area contributed by atoms with E-state index in [0.29, 0.717) is 0 Å². The third kappa shape index (κ3) is 9.92. The van der Waals surface area contributed by atoms with Crippen molar-refractivity contribution in [3.63, 3.8) is 0 Å². The Hall–Kier alpha value is -0.0800. The lowest BCUT2D eigenvalue weighted by molar-refractivity contribution is 0.593. The summed E-state index contributed by atoms with van der Waals surface area (Å²) in [5.74, 6) is 0. The van der Waals surface area contributed by atoms with Crippen molar-refractivity contribution in [3.05, 3.63) is 6.92 Å². The molecule has 0 heterocycles. The summed E-state index contributed by atoms with van der Waals surface area (Å²) in [5, 5.41) is 3.27. The van der Waals surface area contributed by atoms with Gasteiger partial charge in [0.2, 0.25) is 0 Å². The topological polar surface area (TPSA) is 38.0 Å². The minimum absolute atomic E-state index is 0.749. The average Bonchev–Trinajstić information content (AvgIpc) is 2.03. The molecule has 0 amide bonds. The van der Waals surface area contributed by atoms with Gasteiger partial charge in [0, 0.05) is 13.1 Å². The Morgan fingerprint density at radius 1 is 1.00 bits per heavy atom. The maximum absolute atomic E-state index is 5.32. The number of hydrogen-bond acceptors (Lipinski definition) is 2.